The highest BCUT2D eigenvalue weighted by Gasteiger charge is 2.40. The third kappa shape index (κ3) is 6.90. The van der Waals surface area contributed by atoms with Gasteiger partial charge in [0.25, 0.3) is 5.91 Å². The predicted molar refractivity (Wildman–Crippen MR) is 171 cm³/mol. The molecule has 46 heavy (non-hydrogen) atoms. The standard InChI is InChI=1S/C35H41FN2O8/c1-20-9-10-22(36)15-28(20)43-18-26-24(13-14-27-31(26)38(7)33(40)34(3,4)37-27)25-12-11-23(16-29(25)41-8)42-17-21(2)45-32(39)30-19-44-35(5,6)46-30/h9-16,21,30,37H,17-19H2,1-8H3/t21-,30?/m0/s1. The molecule has 0 aliphatic carbocycles. The molecule has 0 radical (unpaired) electrons. The molecule has 0 aromatic heterocycles. The molecule has 1 unspecified atom stereocenters. The summed E-state index contributed by atoms with van der Waals surface area (Å²) in [6.45, 7) is 11.0. The number of benzene rings is 3. The topological polar surface area (TPSA) is 105 Å². The van der Waals surface area contributed by atoms with Gasteiger partial charge in [0.05, 0.1) is 25.1 Å². The highest BCUT2D eigenvalue weighted by Crippen LogP contribution is 2.45. The summed E-state index contributed by atoms with van der Waals surface area (Å²) in [6, 6.07) is 13.7. The number of fused-ring (bicyclic) bond motifs is 1. The molecule has 246 valence electrons. The molecular weight excluding hydrogens is 595 g/mol. The monoisotopic (exact) mass is 636 g/mol. The lowest BCUT2D eigenvalue weighted by Gasteiger charge is -2.39. The van der Waals surface area contributed by atoms with E-state index in [-0.39, 0.29) is 25.7 Å². The number of carbonyl (C=O) groups excluding carboxylic acids is 2. The first kappa shape index (κ1) is 33.0. The molecule has 2 heterocycles. The molecule has 11 heteroatoms. The number of hydrogen-bond acceptors (Lipinski definition) is 9. The Hall–Kier alpha value is -4.35. The van der Waals surface area contributed by atoms with E-state index in [4.69, 9.17) is 28.4 Å². The maximum Gasteiger partial charge on any atom is 0.338 e. The summed E-state index contributed by atoms with van der Waals surface area (Å²) >= 11 is 0. The van der Waals surface area contributed by atoms with E-state index in [2.05, 4.69) is 5.32 Å². The Morgan fingerprint density at radius 3 is 2.50 bits per heavy atom. The predicted octanol–water partition coefficient (Wildman–Crippen LogP) is 6.02. The molecule has 1 N–H and O–H groups in total. The molecule has 2 aliphatic rings. The van der Waals surface area contributed by atoms with Crippen LogP contribution in [0.1, 0.15) is 45.7 Å². The van der Waals surface area contributed by atoms with Crippen LogP contribution < -0.4 is 24.4 Å². The average Bonchev–Trinajstić information content (AvgIpc) is 3.38. The summed E-state index contributed by atoms with van der Waals surface area (Å²) in [4.78, 5) is 27.5. The lowest BCUT2D eigenvalue weighted by atomic mass is 9.91. The van der Waals surface area contributed by atoms with E-state index >= 15 is 0 Å². The lowest BCUT2D eigenvalue weighted by molar-refractivity contribution is -0.174. The van der Waals surface area contributed by atoms with Crippen molar-refractivity contribution in [2.75, 3.05) is 37.6 Å². The molecule has 1 amide bonds. The second kappa shape index (κ2) is 12.8. The molecule has 2 aliphatic heterocycles. The molecule has 5 rings (SSSR count). The number of aryl methyl sites for hydroxylation is 1. The number of nitrogens with zero attached hydrogens (tertiary/aromatic N) is 1. The molecule has 0 spiro atoms. The Labute approximate surface area is 268 Å². The highest BCUT2D eigenvalue weighted by atomic mass is 19.1. The van der Waals surface area contributed by atoms with Crippen LogP contribution in [-0.4, -0.2) is 62.8 Å². The van der Waals surface area contributed by atoms with Crippen LogP contribution in [0.4, 0.5) is 15.8 Å². The van der Waals surface area contributed by atoms with Crippen LogP contribution in [0, 0.1) is 12.7 Å². The summed E-state index contributed by atoms with van der Waals surface area (Å²) < 4.78 is 48.6. The number of hydrogen-bond donors (Lipinski definition) is 1. The van der Waals surface area contributed by atoms with Crippen molar-refractivity contribution in [1.82, 2.24) is 0 Å². The third-order valence-electron chi connectivity index (χ3n) is 7.96. The number of methoxy groups -OCH3 is 1. The molecule has 0 saturated carbocycles. The van der Waals surface area contributed by atoms with Crippen LogP contribution in [0.5, 0.6) is 17.2 Å². The third-order valence-corrected chi connectivity index (χ3v) is 7.96. The van der Waals surface area contributed by atoms with Gasteiger partial charge in [-0.2, -0.15) is 0 Å². The first-order chi connectivity index (χ1) is 21.7. The molecule has 0 bridgehead atoms. The van der Waals surface area contributed by atoms with Crippen molar-refractivity contribution in [2.45, 2.75) is 71.7 Å². The number of nitrogens with one attached hydrogen (secondary N) is 1. The molecular formula is C35H41FN2O8. The number of ether oxygens (including phenoxy) is 6. The van der Waals surface area contributed by atoms with Gasteiger partial charge in [0.2, 0.25) is 0 Å². The molecule has 3 aromatic rings. The Balaban J connectivity index is 1.41. The minimum absolute atomic E-state index is 0.0553. The van der Waals surface area contributed by atoms with Crippen LogP contribution in [0.2, 0.25) is 0 Å². The van der Waals surface area contributed by atoms with Gasteiger partial charge in [-0.25, -0.2) is 9.18 Å². The van der Waals surface area contributed by atoms with Crippen LogP contribution in [0.15, 0.2) is 48.5 Å². The summed E-state index contributed by atoms with van der Waals surface area (Å²) in [5.74, 6) is -0.426. The molecule has 1 fully saturated rings. The first-order valence-electron chi connectivity index (χ1n) is 15.1. The molecule has 1 saturated heterocycles. The van der Waals surface area contributed by atoms with E-state index in [1.165, 1.54) is 12.1 Å². The summed E-state index contributed by atoms with van der Waals surface area (Å²) in [5.41, 5.74) is 3.62. The number of rotatable bonds is 10. The van der Waals surface area contributed by atoms with Crippen molar-refractivity contribution in [1.29, 1.82) is 0 Å². The Morgan fingerprint density at radius 2 is 1.80 bits per heavy atom. The number of halogens is 1. The Bertz CT molecular complexity index is 1640. The van der Waals surface area contributed by atoms with Gasteiger partial charge in [-0.3, -0.25) is 4.79 Å². The zero-order valence-electron chi connectivity index (χ0n) is 27.5. The molecule has 3 aromatic carbocycles. The second-order valence-corrected chi connectivity index (χ2v) is 12.5. The van der Waals surface area contributed by atoms with E-state index in [1.807, 2.05) is 39.0 Å². The summed E-state index contributed by atoms with van der Waals surface area (Å²) in [5, 5.41) is 3.35. The second-order valence-electron chi connectivity index (χ2n) is 12.5. The van der Waals surface area contributed by atoms with E-state index < -0.39 is 35.3 Å². The van der Waals surface area contributed by atoms with Crippen molar-refractivity contribution in [3.63, 3.8) is 0 Å². The normalized spacial score (nSPS) is 18.8. The maximum absolute atomic E-state index is 14.1. The van der Waals surface area contributed by atoms with Crippen LogP contribution in [-0.2, 0) is 30.4 Å². The minimum Gasteiger partial charge on any atom is -0.496 e. The fourth-order valence-electron chi connectivity index (χ4n) is 5.62. The summed E-state index contributed by atoms with van der Waals surface area (Å²) in [6.07, 6.45) is -1.34. The van der Waals surface area contributed by atoms with Crippen LogP contribution >= 0.6 is 0 Å². The molecule has 10 nitrogen and oxygen atoms in total. The number of esters is 1. The van der Waals surface area contributed by atoms with E-state index in [1.54, 1.807) is 58.0 Å². The minimum atomic E-state index is -0.831. The quantitative estimate of drug-likeness (QED) is 0.268. The average molecular weight is 637 g/mol. The Morgan fingerprint density at radius 1 is 1.07 bits per heavy atom. The SMILES string of the molecule is COc1cc(OC[C@H](C)OC(=O)C2COC(C)(C)O2)ccc1-c1ccc2c(c1COc1cc(F)ccc1C)N(C)C(=O)C(C)(C)N2. The van der Waals surface area contributed by atoms with Gasteiger partial charge in [0.1, 0.15) is 47.9 Å². The summed E-state index contributed by atoms with van der Waals surface area (Å²) in [7, 11) is 3.29. The van der Waals surface area contributed by atoms with Crippen LogP contribution in [0.3, 0.4) is 0 Å². The fourth-order valence-corrected chi connectivity index (χ4v) is 5.62. The van der Waals surface area contributed by atoms with E-state index in [0.29, 0.717) is 28.5 Å². The number of anilines is 2. The highest BCUT2D eigenvalue weighted by molar-refractivity contribution is 6.08. The number of amides is 1. The molecule has 2 atom stereocenters. The van der Waals surface area contributed by atoms with Gasteiger partial charge < -0.3 is 38.6 Å². The number of likely N-dealkylation sites (N-methyl/N-ethyl adjacent to an activating group) is 1. The van der Waals surface area contributed by atoms with Crippen molar-refractivity contribution in [3.05, 3.63) is 65.5 Å². The number of carbonyl (C=O) groups is 2. The lowest BCUT2D eigenvalue weighted by Crippen LogP contribution is -2.52. The largest absolute Gasteiger partial charge is 0.496 e. The van der Waals surface area contributed by atoms with Crippen molar-refractivity contribution >= 4 is 23.3 Å². The van der Waals surface area contributed by atoms with Gasteiger partial charge in [-0.05, 0) is 76.9 Å². The van der Waals surface area contributed by atoms with Gasteiger partial charge in [0.15, 0.2) is 11.9 Å². The van der Waals surface area contributed by atoms with Crippen molar-refractivity contribution in [3.8, 4) is 28.4 Å². The van der Waals surface area contributed by atoms with E-state index in [9.17, 15) is 14.0 Å². The van der Waals surface area contributed by atoms with E-state index in [0.717, 1.165) is 22.4 Å². The van der Waals surface area contributed by atoms with Gasteiger partial charge in [-0.1, -0.05) is 12.1 Å². The van der Waals surface area contributed by atoms with Crippen molar-refractivity contribution < 1.29 is 42.4 Å². The van der Waals surface area contributed by atoms with Crippen molar-refractivity contribution in [2.24, 2.45) is 0 Å². The Kier molecular flexibility index (Phi) is 9.19. The van der Waals surface area contributed by atoms with Gasteiger partial charge in [-0.15, -0.1) is 0 Å². The fraction of sp³-hybridized carbons (Fsp3) is 0.429. The first-order valence-corrected chi connectivity index (χ1v) is 15.1. The van der Waals surface area contributed by atoms with Gasteiger partial charge >= 0.3 is 5.97 Å². The maximum atomic E-state index is 14.1. The van der Waals surface area contributed by atoms with Crippen LogP contribution in [0.25, 0.3) is 11.1 Å². The van der Waals surface area contributed by atoms with Gasteiger partial charge in [0, 0.05) is 30.3 Å². The zero-order valence-corrected chi connectivity index (χ0v) is 27.5. The zero-order chi connectivity index (χ0) is 33.4. The smallest absolute Gasteiger partial charge is 0.338 e.